The minimum atomic E-state index is -1.22. The van der Waals surface area contributed by atoms with Crippen LogP contribution in [0.1, 0.15) is 38.5 Å². The first kappa shape index (κ1) is 13.8. The van der Waals surface area contributed by atoms with Gasteiger partial charge in [0.05, 0.1) is 6.42 Å². The van der Waals surface area contributed by atoms with Crippen molar-refractivity contribution in [3.05, 3.63) is 0 Å². The van der Waals surface area contributed by atoms with E-state index in [1.165, 1.54) is 19.3 Å². The third kappa shape index (κ3) is 3.45. The molecule has 2 saturated carbocycles. The van der Waals surface area contributed by atoms with Gasteiger partial charge in [-0.15, -0.1) is 0 Å². The first-order valence-electron chi connectivity index (χ1n) is 6.76. The van der Waals surface area contributed by atoms with Crippen LogP contribution in [0.25, 0.3) is 0 Å². The quantitative estimate of drug-likeness (QED) is 0.641. The first-order valence-corrected chi connectivity index (χ1v) is 6.76. The normalized spacial score (nSPS) is 30.0. The molecule has 0 spiro atoms. The number of nitrogens with two attached hydrogens (primary N) is 1. The van der Waals surface area contributed by atoms with Gasteiger partial charge in [-0.05, 0) is 37.0 Å². The number of hydrogen-bond donors (Lipinski definition) is 3. The van der Waals surface area contributed by atoms with Crippen molar-refractivity contribution in [2.45, 2.75) is 44.6 Å². The minimum Gasteiger partial charge on any atom is -0.480 e. The summed E-state index contributed by atoms with van der Waals surface area (Å²) in [6.45, 7) is 0. The Labute approximate surface area is 111 Å². The fourth-order valence-electron chi connectivity index (χ4n) is 3.52. The summed E-state index contributed by atoms with van der Waals surface area (Å²) in [6.07, 6.45) is 4.74. The van der Waals surface area contributed by atoms with Gasteiger partial charge >= 0.3 is 5.97 Å². The molecule has 0 aromatic heterocycles. The predicted octanol–water partition coefficient (Wildman–Crippen LogP) is 0.257. The largest absolute Gasteiger partial charge is 0.480 e. The average Bonchev–Trinajstić information content (AvgIpc) is 2.89. The number of hydrogen-bond acceptors (Lipinski definition) is 3. The Morgan fingerprint density at radius 2 is 2.00 bits per heavy atom. The van der Waals surface area contributed by atoms with Crippen LogP contribution in [-0.2, 0) is 14.4 Å². The highest BCUT2D eigenvalue weighted by Crippen LogP contribution is 2.49. The van der Waals surface area contributed by atoms with Gasteiger partial charge in [-0.2, -0.15) is 0 Å². The summed E-state index contributed by atoms with van der Waals surface area (Å²) in [5.41, 5.74) is 4.97. The minimum absolute atomic E-state index is 0.286. The third-order valence-corrected chi connectivity index (χ3v) is 4.37. The van der Waals surface area contributed by atoms with Crippen molar-refractivity contribution in [2.24, 2.45) is 23.5 Å². The number of carboxylic acid groups (broad SMARTS) is 1. The summed E-state index contributed by atoms with van der Waals surface area (Å²) in [4.78, 5) is 33.5. The van der Waals surface area contributed by atoms with Crippen LogP contribution >= 0.6 is 0 Å². The number of carbonyl (C=O) groups is 3. The molecule has 106 valence electrons. The third-order valence-electron chi connectivity index (χ3n) is 4.37. The predicted molar refractivity (Wildman–Crippen MR) is 66.9 cm³/mol. The summed E-state index contributed by atoms with van der Waals surface area (Å²) >= 11 is 0. The van der Waals surface area contributed by atoms with E-state index in [9.17, 15) is 14.4 Å². The van der Waals surface area contributed by atoms with Crippen LogP contribution < -0.4 is 11.1 Å². The number of carbonyl (C=O) groups excluding carboxylic acids is 2. The summed E-state index contributed by atoms with van der Waals surface area (Å²) in [5.74, 6) is -0.487. The van der Waals surface area contributed by atoms with Gasteiger partial charge < -0.3 is 16.2 Å². The molecule has 6 nitrogen and oxygen atoms in total. The van der Waals surface area contributed by atoms with Crippen molar-refractivity contribution in [1.82, 2.24) is 5.32 Å². The topological polar surface area (TPSA) is 109 Å². The second kappa shape index (κ2) is 5.59. The lowest BCUT2D eigenvalue weighted by Crippen LogP contribution is -2.44. The number of carboxylic acids is 1. The molecule has 4 atom stereocenters. The maximum absolute atomic E-state index is 11.8. The molecule has 19 heavy (non-hydrogen) atoms. The summed E-state index contributed by atoms with van der Waals surface area (Å²) < 4.78 is 0. The van der Waals surface area contributed by atoms with E-state index in [0.29, 0.717) is 18.3 Å². The average molecular weight is 268 g/mol. The Kier molecular flexibility index (Phi) is 4.07. The van der Waals surface area contributed by atoms with Gasteiger partial charge in [-0.25, -0.2) is 4.79 Å². The molecular formula is C13H20N2O4. The molecular weight excluding hydrogens is 248 g/mol. The summed E-state index contributed by atoms with van der Waals surface area (Å²) in [7, 11) is 0. The molecule has 2 aliphatic rings. The van der Waals surface area contributed by atoms with E-state index in [1.54, 1.807) is 0 Å². The molecule has 0 aliphatic heterocycles. The zero-order valence-corrected chi connectivity index (χ0v) is 10.8. The Morgan fingerprint density at radius 3 is 2.47 bits per heavy atom. The standard InChI is InChI=1S/C13H20N2O4/c14-11(16)6-10(13(18)19)15-12(17)5-9-4-7-1-2-8(9)3-7/h7-10H,1-6H2,(H2,14,16)(H,15,17)(H,18,19)/t7?,8?,9?,10-/m0/s1. The Balaban J connectivity index is 1.82. The zero-order valence-electron chi connectivity index (χ0n) is 10.8. The van der Waals surface area contributed by atoms with Crippen LogP contribution in [0, 0.1) is 17.8 Å². The van der Waals surface area contributed by atoms with E-state index < -0.39 is 17.9 Å². The molecule has 3 unspecified atom stereocenters. The molecule has 0 aromatic carbocycles. The maximum Gasteiger partial charge on any atom is 0.326 e. The number of fused-ring (bicyclic) bond motifs is 2. The summed E-state index contributed by atoms with van der Waals surface area (Å²) in [5, 5.41) is 11.3. The van der Waals surface area contributed by atoms with Gasteiger partial charge in [-0.3, -0.25) is 9.59 Å². The fourth-order valence-corrected chi connectivity index (χ4v) is 3.52. The number of nitrogens with one attached hydrogen (secondary N) is 1. The highest BCUT2D eigenvalue weighted by atomic mass is 16.4. The molecule has 2 amide bonds. The molecule has 2 aliphatic carbocycles. The Morgan fingerprint density at radius 1 is 1.26 bits per heavy atom. The fraction of sp³-hybridized carbons (Fsp3) is 0.769. The SMILES string of the molecule is NC(=O)C[C@H](NC(=O)CC1CC2CCC1C2)C(=O)O. The van der Waals surface area contributed by atoms with Gasteiger partial charge in [0.25, 0.3) is 0 Å². The van der Waals surface area contributed by atoms with Crippen LogP contribution in [0.2, 0.25) is 0 Å². The van der Waals surface area contributed by atoms with Gasteiger partial charge in [-0.1, -0.05) is 6.42 Å². The van der Waals surface area contributed by atoms with Crippen LogP contribution in [0.3, 0.4) is 0 Å². The maximum atomic E-state index is 11.8. The van der Waals surface area contributed by atoms with E-state index in [0.717, 1.165) is 12.3 Å². The van der Waals surface area contributed by atoms with Gasteiger partial charge in [0, 0.05) is 6.42 Å². The molecule has 0 saturated heterocycles. The molecule has 2 fully saturated rings. The molecule has 2 rings (SSSR count). The van der Waals surface area contributed by atoms with Crippen molar-refractivity contribution in [2.75, 3.05) is 0 Å². The smallest absolute Gasteiger partial charge is 0.326 e. The molecule has 0 heterocycles. The van der Waals surface area contributed by atoms with Crippen molar-refractivity contribution in [1.29, 1.82) is 0 Å². The van der Waals surface area contributed by atoms with Crippen molar-refractivity contribution in [3.8, 4) is 0 Å². The number of aliphatic carboxylic acids is 1. The highest BCUT2D eigenvalue weighted by Gasteiger charge is 2.40. The molecule has 4 N–H and O–H groups in total. The zero-order chi connectivity index (χ0) is 14.0. The van der Waals surface area contributed by atoms with E-state index >= 15 is 0 Å². The lowest BCUT2D eigenvalue weighted by molar-refractivity contribution is -0.143. The Bertz CT molecular complexity index is 396. The summed E-state index contributed by atoms with van der Waals surface area (Å²) in [6, 6.07) is -1.21. The van der Waals surface area contributed by atoms with Crippen LogP contribution in [0.5, 0.6) is 0 Å². The second-order valence-corrected chi connectivity index (χ2v) is 5.77. The van der Waals surface area contributed by atoms with Gasteiger partial charge in [0.2, 0.25) is 11.8 Å². The lowest BCUT2D eigenvalue weighted by Gasteiger charge is -2.22. The molecule has 2 bridgehead atoms. The van der Waals surface area contributed by atoms with Crippen molar-refractivity contribution in [3.63, 3.8) is 0 Å². The number of rotatable bonds is 6. The molecule has 6 heteroatoms. The monoisotopic (exact) mass is 268 g/mol. The van der Waals surface area contributed by atoms with Crippen molar-refractivity contribution < 1.29 is 19.5 Å². The van der Waals surface area contributed by atoms with Gasteiger partial charge in [0.15, 0.2) is 0 Å². The second-order valence-electron chi connectivity index (χ2n) is 5.77. The number of primary amides is 1. The van der Waals surface area contributed by atoms with Crippen molar-refractivity contribution >= 4 is 17.8 Å². The van der Waals surface area contributed by atoms with E-state index in [1.807, 2.05) is 0 Å². The van der Waals surface area contributed by atoms with Crippen LogP contribution in [0.15, 0.2) is 0 Å². The van der Waals surface area contributed by atoms with E-state index in [4.69, 9.17) is 10.8 Å². The highest BCUT2D eigenvalue weighted by molar-refractivity contribution is 5.88. The molecule has 0 aromatic rings. The Hall–Kier alpha value is -1.59. The lowest BCUT2D eigenvalue weighted by atomic mass is 9.86. The number of amides is 2. The first-order chi connectivity index (χ1) is 8.95. The van der Waals surface area contributed by atoms with Gasteiger partial charge in [0.1, 0.15) is 6.04 Å². The van der Waals surface area contributed by atoms with E-state index in [-0.39, 0.29) is 12.3 Å². The van der Waals surface area contributed by atoms with Crippen LogP contribution in [-0.4, -0.2) is 28.9 Å². The molecule has 0 radical (unpaired) electrons. The van der Waals surface area contributed by atoms with Crippen LogP contribution in [0.4, 0.5) is 0 Å². The van der Waals surface area contributed by atoms with E-state index in [2.05, 4.69) is 5.32 Å².